The van der Waals surface area contributed by atoms with Gasteiger partial charge in [-0.1, -0.05) is 18.2 Å². The van der Waals surface area contributed by atoms with E-state index in [-0.39, 0.29) is 5.78 Å². The molecule has 0 unspecified atom stereocenters. The topological polar surface area (TPSA) is 30.0 Å². The summed E-state index contributed by atoms with van der Waals surface area (Å²) >= 11 is 0. The lowest BCUT2D eigenvalue weighted by atomic mass is 9.99. The van der Waals surface area contributed by atoms with Crippen molar-refractivity contribution in [1.82, 2.24) is 4.98 Å². The van der Waals surface area contributed by atoms with E-state index in [9.17, 15) is 4.79 Å². The number of ketones is 1. The van der Waals surface area contributed by atoms with Gasteiger partial charge in [0, 0.05) is 23.5 Å². The first-order valence-corrected chi connectivity index (χ1v) is 5.20. The van der Waals surface area contributed by atoms with Crippen molar-refractivity contribution in [3.05, 3.63) is 53.9 Å². The molecule has 0 radical (unpaired) electrons. The Kier molecular flexibility index (Phi) is 2.82. The normalized spacial score (nSPS) is 10.1. The van der Waals surface area contributed by atoms with Gasteiger partial charge in [-0.2, -0.15) is 0 Å². The maximum Gasteiger partial charge on any atom is 0.159 e. The molecule has 2 aromatic rings. The molecule has 0 spiro atoms. The standard InChI is InChI=1S/C14H13NO/c1-10-8-12(11(2)16)5-6-14(10)13-4-3-7-15-9-13/h3-9H,1-2H3. The van der Waals surface area contributed by atoms with Crippen LogP contribution in [-0.4, -0.2) is 10.8 Å². The first-order chi connectivity index (χ1) is 7.68. The van der Waals surface area contributed by atoms with Gasteiger partial charge in [0.05, 0.1) is 0 Å². The number of Topliss-reactive ketones (excluding diaryl/α,β-unsaturated/α-hetero) is 1. The van der Waals surface area contributed by atoms with E-state index in [0.29, 0.717) is 0 Å². The van der Waals surface area contributed by atoms with Crippen LogP contribution in [0.15, 0.2) is 42.7 Å². The maximum absolute atomic E-state index is 11.2. The summed E-state index contributed by atoms with van der Waals surface area (Å²) in [7, 11) is 0. The van der Waals surface area contributed by atoms with Crippen molar-refractivity contribution in [2.24, 2.45) is 0 Å². The molecule has 0 aliphatic rings. The zero-order chi connectivity index (χ0) is 11.5. The number of pyridine rings is 1. The van der Waals surface area contributed by atoms with Gasteiger partial charge in [0.25, 0.3) is 0 Å². The third kappa shape index (κ3) is 2.01. The van der Waals surface area contributed by atoms with Crippen molar-refractivity contribution in [1.29, 1.82) is 0 Å². The second kappa shape index (κ2) is 4.27. The Balaban J connectivity index is 2.48. The monoisotopic (exact) mass is 211 g/mol. The summed E-state index contributed by atoms with van der Waals surface area (Å²) in [5, 5.41) is 0. The zero-order valence-electron chi connectivity index (χ0n) is 9.40. The van der Waals surface area contributed by atoms with Crippen molar-refractivity contribution >= 4 is 5.78 Å². The molecule has 0 N–H and O–H groups in total. The molecule has 0 atom stereocenters. The number of hydrogen-bond acceptors (Lipinski definition) is 2. The van der Waals surface area contributed by atoms with Gasteiger partial charge < -0.3 is 0 Å². The summed E-state index contributed by atoms with van der Waals surface area (Å²) in [5.74, 6) is 0.0980. The summed E-state index contributed by atoms with van der Waals surface area (Å²) in [6.45, 7) is 3.59. The molecular weight excluding hydrogens is 198 g/mol. The minimum absolute atomic E-state index is 0.0980. The van der Waals surface area contributed by atoms with E-state index >= 15 is 0 Å². The highest BCUT2D eigenvalue weighted by Crippen LogP contribution is 2.23. The Hall–Kier alpha value is -1.96. The van der Waals surface area contributed by atoms with Gasteiger partial charge in [-0.25, -0.2) is 0 Å². The van der Waals surface area contributed by atoms with E-state index < -0.39 is 0 Å². The molecule has 0 saturated heterocycles. The van der Waals surface area contributed by atoms with E-state index in [4.69, 9.17) is 0 Å². The molecule has 1 aromatic heterocycles. The summed E-state index contributed by atoms with van der Waals surface area (Å²) in [4.78, 5) is 15.3. The van der Waals surface area contributed by atoms with Gasteiger partial charge in [0.15, 0.2) is 5.78 Å². The molecule has 0 saturated carbocycles. The van der Waals surface area contributed by atoms with Gasteiger partial charge in [-0.15, -0.1) is 0 Å². The highest BCUT2D eigenvalue weighted by atomic mass is 16.1. The predicted octanol–water partition coefficient (Wildman–Crippen LogP) is 3.26. The van der Waals surface area contributed by atoms with Gasteiger partial charge in [0.2, 0.25) is 0 Å². The first-order valence-electron chi connectivity index (χ1n) is 5.20. The molecule has 1 heterocycles. The summed E-state index contributed by atoms with van der Waals surface area (Å²) < 4.78 is 0. The van der Waals surface area contributed by atoms with Crippen molar-refractivity contribution in [3.8, 4) is 11.1 Å². The largest absolute Gasteiger partial charge is 0.295 e. The number of rotatable bonds is 2. The first kappa shape index (κ1) is 10.6. The molecule has 2 nitrogen and oxygen atoms in total. The minimum atomic E-state index is 0.0980. The lowest BCUT2D eigenvalue weighted by Crippen LogP contribution is -1.93. The Morgan fingerprint density at radius 1 is 1.25 bits per heavy atom. The van der Waals surface area contributed by atoms with Gasteiger partial charge in [0.1, 0.15) is 0 Å². The Labute approximate surface area is 95.0 Å². The number of aromatic nitrogens is 1. The molecule has 1 aromatic carbocycles. The second-order valence-electron chi connectivity index (χ2n) is 3.83. The van der Waals surface area contributed by atoms with Crippen LogP contribution in [0.4, 0.5) is 0 Å². The number of carbonyl (C=O) groups excluding carboxylic acids is 1. The fraction of sp³-hybridized carbons (Fsp3) is 0.143. The van der Waals surface area contributed by atoms with E-state index in [1.807, 2.05) is 43.5 Å². The van der Waals surface area contributed by atoms with Crippen LogP contribution in [0.3, 0.4) is 0 Å². The minimum Gasteiger partial charge on any atom is -0.295 e. The molecule has 0 aliphatic heterocycles. The highest BCUT2D eigenvalue weighted by Gasteiger charge is 2.05. The van der Waals surface area contributed by atoms with Crippen LogP contribution in [0.25, 0.3) is 11.1 Å². The van der Waals surface area contributed by atoms with E-state index in [1.165, 1.54) is 0 Å². The zero-order valence-corrected chi connectivity index (χ0v) is 9.40. The molecule has 2 rings (SSSR count). The lowest BCUT2D eigenvalue weighted by molar-refractivity contribution is 0.101. The second-order valence-corrected chi connectivity index (χ2v) is 3.83. The molecule has 2 heteroatoms. The SMILES string of the molecule is CC(=O)c1ccc(-c2cccnc2)c(C)c1. The van der Waals surface area contributed by atoms with Crippen LogP contribution >= 0.6 is 0 Å². The van der Waals surface area contributed by atoms with Crippen LogP contribution in [0, 0.1) is 6.92 Å². The predicted molar refractivity (Wildman–Crippen MR) is 64.4 cm³/mol. The summed E-state index contributed by atoms with van der Waals surface area (Å²) in [5.41, 5.74) is 4.05. The summed E-state index contributed by atoms with van der Waals surface area (Å²) in [6, 6.07) is 9.68. The Morgan fingerprint density at radius 3 is 2.62 bits per heavy atom. The average Bonchev–Trinajstić information content (AvgIpc) is 2.30. The van der Waals surface area contributed by atoms with E-state index in [1.54, 1.807) is 13.1 Å². The fourth-order valence-electron chi connectivity index (χ4n) is 1.73. The van der Waals surface area contributed by atoms with Crippen LogP contribution in [0.2, 0.25) is 0 Å². The number of hydrogen-bond donors (Lipinski definition) is 0. The van der Waals surface area contributed by atoms with Crippen molar-refractivity contribution < 1.29 is 4.79 Å². The molecule has 0 aliphatic carbocycles. The molecule has 80 valence electrons. The number of carbonyl (C=O) groups is 1. The van der Waals surface area contributed by atoms with Crippen LogP contribution in [0.5, 0.6) is 0 Å². The Morgan fingerprint density at radius 2 is 2.06 bits per heavy atom. The van der Waals surface area contributed by atoms with Crippen LogP contribution < -0.4 is 0 Å². The van der Waals surface area contributed by atoms with Crippen molar-refractivity contribution in [2.75, 3.05) is 0 Å². The average molecular weight is 211 g/mol. The van der Waals surface area contributed by atoms with Gasteiger partial charge in [-0.3, -0.25) is 9.78 Å². The molecular formula is C14H13NO. The fourth-order valence-corrected chi connectivity index (χ4v) is 1.73. The number of benzene rings is 1. The molecule has 16 heavy (non-hydrogen) atoms. The molecule has 0 amide bonds. The summed E-state index contributed by atoms with van der Waals surface area (Å²) in [6.07, 6.45) is 3.58. The van der Waals surface area contributed by atoms with E-state index in [2.05, 4.69) is 4.98 Å². The van der Waals surface area contributed by atoms with Crippen LogP contribution in [-0.2, 0) is 0 Å². The lowest BCUT2D eigenvalue weighted by Gasteiger charge is -2.06. The molecule has 0 fully saturated rings. The van der Waals surface area contributed by atoms with Crippen LogP contribution in [0.1, 0.15) is 22.8 Å². The third-order valence-electron chi connectivity index (χ3n) is 2.61. The highest BCUT2D eigenvalue weighted by molar-refractivity contribution is 5.94. The quantitative estimate of drug-likeness (QED) is 0.714. The number of nitrogens with zero attached hydrogens (tertiary/aromatic N) is 1. The molecule has 0 bridgehead atoms. The number of aryl methyl sites for hydroxylation is 1. The maximum atomic E-state index is 11.2. The smallest absolute Gasteiger partial charge is 0.159 e. The Bertz CT molecular complexity index is 518. The van der Waals surface area contributed by atoms with Gasteiger partial charge >= 0.3 is 0 Å². The van der Waals surface area contributed by atoms with Gasteiger partial charge in [-0.05, 0) is 37.1 Å². The van der Waals surface area contributed by atoms with E-state index in [0.717, 1.165) is 22.3 Å². The van der Waals surface area contributed by atoms with Crippen molar-refractivity contribution in [2.45, 2.75) is 13.8 Å². The van der Waals surface area contributed by atoms with Crippen molar-refractivity contribution in [3.63, 3.8) is 0 Å². The third-order valence-corrected chi connectivity index (χ3v) is 2.61.